The first-order valence-electron chi connectivity index (χ1n) is 9.91. The van der Waals surface area contributed by atoms with Gasteiger partial charge in [-0.05, 0) is 36.8 Å². The van der Waals surface area contributed by atoms with Gasteiger partial charge in [-0.1, -0.05) is 6.07 Å². The number of nitrogens with zero attached hydrogens (tertiary/aromatic N) is 3. The van der Waals surface area contributed by atoms with Crippen LogP contribution in [0.1, 0.15) is 22.9 Å². The Balaban J connectivity index is 1.91. The van der Waals surface area contributed by atoms with E-state index in [1.54, 1.807) is 32.2 Å². The summed E-state index contributed by atoms with van der Waals surface area (Å²) in [4.78, 5) is 10.6. The van der Waals surface area contributed by atoms with Crippen LogP contribution in [0.2, 0.25) is 0 Å². The summed E-state index contributed by atoms with van der Waals surface area (Å²) in [6.07, 6.45) is 1.90. The Morgan fingerprint density at radius 3 is 2.53 bits per heavy atom. The zero-order valence-electron chi connectivity index (χ0n) is 17.9. The molecule has 0 bridgehead atoms. The van der Waals surface area contributed by atoms with E-state index in [1.807, 2.05) is 22.9 Å². The average Bonchev–Trinajstić information content (AvgIpc) is 3.27. The fourth-order valence-corrected chi connectivity index (χ4v) is 5.90. The van der Waals surface area contributed by atoms with Crippen molar-refractivity contribution in [2.45, 2.75) is 24.4 Å². The predicted octanol–water partition coefficient (Wildman–Crippen LogP) is 3.52. The van der Waals surface area contributed by atoms with Gasteiger partial charge < -0.3 is 14.0 Å². The Labute approximate surface area is 186 Å². The van der Waals surface area contributed by atoms with E-state index in [9.17, 15) is 18.5 Å². The van der Waals surface area contributed by atoms with E-state index in [4.69, 9.17) is 9.47 Å². The minimum atomic E-state index is -4.08. The number of non-ortho nitro benzene ring substituents is 1. The van der Waals surface area contributed by atoms with Crippen molar-refractivity contribution in [3.63, 3.8) is 0 Å². The number of aromatic nitrogens is 1. The summed E-state index contributed by atoms with van der Waals surface area (Å²) in [5.74, 6) is 1.07. The van der Waals surface area contributed by atoms with Gasteiger partial charge in [0.15, 0.2) is 0 Å². The molecule has 1 atom stereocenters. The minimum Gasteiger partial charge on any atom is -0.497 e. The van der Waals surface area contributed by atoms with E-state index in [-0.39, 0.29) is 17.1 Å². The molecule has 1 aromatic heterocycles. The lowest BCUT2D eigenvalue weighted by Crippen LogP contribution is -2.42. The molecule has 0 spiro atoms. The van der Waals surface area contributed by atoms with E-state index in [0.717, 1.165) is 11.8 Å². The summed E-state index contributed by atoms with van der Waals surface area (Å²) in [7, 11) is -1.02. The molecule has 0 radical (unpaired) electrons. The Morgan fingerprint density at radius 1 is 1.06 bits per heavy atom. The highest BCUT2D eigenvalue weighted by atomic mass is 32.2. The molecule has 0 amide bonds. The van der Waals surface area contributed by atoms with Crippen LogP contribution in [0.4, 0.5) is 5.69 Å². The van der Waals surface area contributed by atoms with Crippen LogP contribution >= 0.6 is 0 Å². The third-order valence-electron chi connectivity index (χ3n) is 5.70. The second-order valence-electron chi connectivity index (χ2n) is 7.46. The van der Waals surface area contributed by atoms with Gasteiger partial charge >= 0.3 is 0 Å². The summed E-state index contributed by atoms with van der Waals surface area (Å²) in [5, 5.41) is 11.3. The molecule has 0 aliphatic carbocycles. The smallest absolute Gasteiger partial charge is 0.270 e. The Morgan fingerprint density at radius 2 is 1.84 bits per heavy atom. The second-order valence-corrected chi connectivity index (χ2v) is 9.32. The van der Waals surface area contributed by atoms with Gasteiger partial charge in [0, 0.05) is 48.7 Å². The number of sulfonamides is 1. The normalized spacial score (nSPS) is 16.4. The molecule has 1 aliphatic rings. The number of nitro groups is 1. The number of fused-ring (bicyclic) bond motifs is 1. The van der Waals surface area contributed by atoms with Crippen LogP contribution in [0.15, 0.2) is 59.6 Å². The second kappa shape index (κ2) is 8.29. The van der Waals surface area contributed by atoms with Gasteiger partial charge in [0.25, 0.3) is 5.69 Å². The summed E-state index contributed by atoms with van der Waals surface area (Å²) >= 11 is 0. The molecule has 0 saturated heterocycles. The number of ether oxygens (including phenoxy) is 2. The zero-order valence-corrected chi connectivity index (χ0v) is 18.7. The van der Waals surface area contributed by atoms with Gasteiger partial charge in [-0.2, -0.15) is 4.31 Å². The number of hydrogen-bond donors (Lipinski definition) is 0. The molecule has 2 aromatic carbocycles. The quantitative estimate of drug-likeness (QED) is 0.414. The molecule has 9 nitrogen and oxygen atoms in total. The number of rotatable bonds is 6. The van der Waals surface area contributed by atoms with Gasteiger partial charge in [-0.3, -0.25) is 10.1 Å². The van der Waals surface area contributed by atoms with E-state index < -0.39 is 21.0 Å². The zero-order chi connectivity index (χ0) is 23.0. The molecule has 3 aromatic rings. The third-order valence-corrected chi connectivity index (χ3v) is 7.70. The van der Waals surface area contributed by atoms with Crippen LogP contribution in [0.5, 0.6) is 11.5 Å². The van der Waals surface area contributed by atoms with Crippen LogP contribution in [0.25, 0.3) is 0 Å². The molecule has 0 fully saturated rings. The van der Waals surface area contributed by atoms with Crippen molar-refractivity contribution in [1.82, 2.24) is 8.87 Å². The van der Waals surface area contributed by atoms with E-state index in [2.05, 4.69) is 0 Å². The first kappa shape index (κ1) is 21.8. The monoisotopic (exact) mass is 457 g/mol. The highest BCUT2D eigenvalue weighted by Gasteiger charge is 2.40. The van der Waals surface area contributed by atoms with Crippen LogP contribution in [0, 0.1) is 17.0 Å². The van der Waals surface area contributed by atoms with Crippen molar-refractivity contribution in [3.05, 3.63) is 81.7 Å². The van der Waals surface area contributed by atoms with Crippen LogP contribution < -0.4 is 9.47 Å². The average molecular weight is 458 g/mol. The number of benzene rings is 2. The van der Waals surface area contributed by atoms with Gasteiger partial charge in [-0.15, -0.1) is 0 Å². The van der Waals surface area contributed by atoms with E-state index >= 15 is 0 Å². The molecular weight excluding hydrogens is 434 g/mol. The highest BCUT2D eigenvalue weighted by molar-refractivity contribution is 7.89. The van der Waals surface area contributed by atoms with Gasteiger partial charge in [0.1, 0.15) is 11.5 Å². The lowest BCUT2D eigenvalue weighted by atomic mass is 10.0. The molecule has 0 saturated carbocycles. The number of nitro benzene ring substituents is 1. The highest BCUT2D eigenvalue weighted by Crippen LogP contribution is 2.42. The maximum Gasteiger partial charge on any atom is 0.270 e. The standard InChI is InChI=1S/C22H23N3O6S/c1-15-6-7-16(25(26)27)13-21(15)32(28,29)24-12-11-23-10-4-5-19(23)22(24)18-9-8-17(30-2)14-20(18)31-3/h4-10,13-14,22H,11-12H2,1-3H3. The molecule has 1 aliphatic heterocycles. The maximum atomic E-state index is 13.8. The van der Waals surface area contributed by atoms with Crippen LogP contribution in [-0.4, -0.2) is 43.0 Å². The first-order chi connectivity index (χ1) is 15.3. The molecule has 0 N–H and O–H groups in total. The molecule has 168 valence electrons. The third kappa shape index (κ3) is 3.61. The Bertz CT molecular complexity index is 1280. The molecule has 1 unspecified atom stereocenters. The van der Waals surface area contributed by atoms with Gasteiger partial charge in [-0.25, -0.2) is 8.42 Å². The maximum absolute atomic E-state index is 13.8. The van der Waals surface area contributed by atoms with Crippen molar-refractivity contribution in [1.29, 1.82) is 0 Å². The van der Waals surface area contributed by atoms with Gasteiger partial charge in [0.2, 0.25) is 10.0 Å². The predicted molar refractivity (Wildman–Crippen MR) is 118 cm³/mol. The largest absolute Gasteiger partial charge is 0.497 e. The van der Waals surface area contributed by atoms with Crippen molar-refractivity contribution in [2.24, 2.45) is 0 Å². The summed E-state index contributed by atoms with van der Waals surface area (Å²) in [6.45, 7) is 2.29. The number of methoxy groups -OCH3 is 2. The minimum absolute atomic E-state index is 0.0795. The van der Waals surface area contributed by atoms with Crippen molar-refractivity contribution in [3.8, 4) is 11.5 Å². The molecule has 4 rings (SSSR count). The number of hydrogen-bond acceptors (Lipinski definition) is 6. The Kier molecular flexibility index (Phi) is 5.66. The summed E-state index contributed by atoms with van der Waals surface area (Å²) < 4.78 is 41.9. The topological polar surface area (TPSA) is 104 Å². The fraction of sp³-hybridized carbons (Fsp3) is 0.273. The Hall–Kier alpha value is -3.37. The van der Waals surface area contributed by atoms with E-state index in [0.29, 0.717) is 29.2 Å². The molecule has 2 heterocycles. The lowest BCUT2D eigenvalue weighted by Gasteiger charge is -2.37. The fourth-order valence-electron chi connectivity index (χ4n) is 4.09. The van der Waals surface area contributed by atoms with Gasteiger partial charge in [0.05, 0.1) is 30.1 Å². The van der Waals surface area contributed by atoms with Crippen molar-refractivity contribution >= 4 is 15.7 Å². The van der Waals surface area contributed by atoms with Crippen molar-refractivity contribution < 1.29 is 22.8 Å². The molecule has 32 heavy (non-hydrogen) atoms. The lowest BCUT2D eigenvalue weighted by molar-refractivity contribution is -0.385. The SMILES string of the molecule is COc1ccc(C2c3cccn3CCN2S(=O)(=O)c2cc([N+](=O)[O-])ccc2C)c(OC)c1. The van der Waals surface area contributed by atoms with Crippen LogP contribution in [-0.2, 0) is 16.6 Å². The molecule has 10 heteroatoms. The first-order valence-corrected chi connectivity index (χ1v) is 11.4. The summed E-state index contributed by atoms with van der Waals surface area (Å²) in [6, 6.07) is 12.2. The van der Waals surface area contributed by atoms with E-state index in [1.165, 1.54) is 23.5 Å². The van der Waals surface area contributed by atoms with Crippen LogP contribution in [0.3, 0.4) is 0 Å². The molecular formula is C22H23N3O6S. The summed E-state index contributed by atoms with van der Waals surface area (Å²) in [5.41, 5.74) is 1.61. The van der Waals surface area contributed by atoms with Crippen molar-refractivity contribution in [2.75, 3.05) is 20.8 Å². The number of aryl methyl sites for hydroxylation is 1.